The predicted molar refractivity (Wildman–Crippen MR) is 107 cm³/mol. The van der Waals surface area contributed by atoms with Crippen molar-refractivity contribution < 1.29 is 35.8 Å². The molecule has 0 aliphatic rings. The van der Waals surface area contributed by atoms with Crippen LogP contribution >= 0.6 is 0 Å². The maximum Gasteiger partial charge on any atom is 0.303 e. The number of ether oxygens (including phenoxy) is 1. The molecule has 0 bridgehead atoms. The van der Waals surface area contributed by atoms with Crippen molar-refractivity contribution in [3.8, 4) is 17.0 Å². The molecule has 0 aliphatic heterocycles. The molecular formula is C19H20F4N4O4S. The van der Waals surface area contributed by atoms with Crippen LogP contribution in [0, 0.1) is 11.8 Å². The van der Waals surface area contributed by atoms with Crippen LogP contribution in [0.3, 0.4) is 0 Å². The van der Waals surface area contributed by atoms with E-state index >= 15 is 0 Å². The van der Waals surface area contributed by atoms with Gasteiger partial charge in [0.15, 0.2) is 28.1 Å². The monoisotopic (exact) mass is 476 g/mol. The Morgan fingerprint density at radius 3 is 2.47 bits per heavy atom. The number of aliphatic hydroxyl groups is 1. The summed E-state index contributed by atoms with van der Waals surface area (Å²) >= 11 is 0. The van der Waals surface area contributed by atoms with E-state index in [1.54, 1.807) is 0 Å². The van der Waals surface area contributed by atoms with Crippen molar-refractivity contribution >= 4 is 21.3 Å². The number of pyridine rings is 2. The summed E-state index contributed by atoms with van der Waals surface area (Å²) in [4.78, 5) is 6.80. The molecule has 3 aromatic heterocycles. The van der Waals surface area contributed by atoms with E-state index in [0.717, 1.165) is 28.9 Å². The largest absolute Gasteiger partial charge is 0.486 e. The van der Waals surface area contributed by atoms with Gasteiger partial charge in [0.05, 0.1) is 22.2 Å². The number of aromatic nitrogens is 3. The van der Waals surface area contributed by atoms with Crippen LogP contribution in [0.1, 0.15) is 20.8 Å². The van der Waals surface area contributed by atoms with Crippen molar-refractivity contribution in [3.05, 3.63) is 36.3 Å². The number of alkyl halides is 2. The second-order valence-electron chi connectivity index (χ2n) is 7.99. The van der Waals surface area contributed by atoms with E-state index in [2.05, 4.69) is 9.97 Å². The van der Waals surface area contributed by atoms with E-state index in [1.807, 2.05) is 0 Å². The lowest BCUT2D eigenvalue weighted by Crippen LogP contribution is -2.31. The average Bonchev–Trinajstić information content (AvgIpc) is 3.10. The van der Waals surface area contributed by atoms with Gasteiger partial charge in [-0.15, -0.1) is 0 Å². The number of anilines is 1. The summed E-state index contributed by atoms with van der Waals surface area (Å²) in [5.74, 6) is -6.82. The molecule has 8 nitrogen and oxygen atoms in total. The molecule has 3 rings (SSSR count). The number of nitrogens with zero attached hydrogens (tertiary/aromatic N) is 3. The molecule has 0 aromatic carbocycles. The summed E-state index contributed by atoms with van der Waals surface area (Å²) in [6.45, 7) is 1.39. The molecule has 3 N–H and O–H groups in total. The number of hydrogen-bond acceptors (Lipinski definition) is 7. The van der Waals surface area contributed by atoms with Crippen molar-refractivity contribution in [3.63, 3.8) is 0 Å². The first-order chi connectivity index (χ1) is 14.7. The number of rotatable bonds is 6. The number of halogens is 4. The Bertz CT molecular complexity index is 1290. The fraction of sp³-hybridized carbons (Fsp3) is 0.368. The third kappa shape index (κ3) is 4.21. The van der Waals surface area contributed by atoms with Crippen LogP contribution in [-0.2, 0) is 9.84 Å². The molecule has 13 heteroatoms. The Balaban J connectivity index is 2.26. The average molecular weight is 476 g/mol. The summed E-state index contributed by atoms with van der Waals surface area (Å²) < 4.78 is 86.4. The minimum atomic E-state index is -4.16. The van der Waals surface area contributed by atoms with E-state index in [-0.39, 0.29) is 16.9 Å². The lowest BCUT2D eigenvalue weighted by Gasteiger charge is -2.23. The molecular weight excluding hydrogens is 456 g/mol. The van der Waals surface area contributed by atoms with Gasteiger partial charge in [0, 0.05) is 12.3 Å². The lowest BCUT2D eigenvalue weighted by molar-refractivity contribution is -0.0806. The highest BCUT2D eigenvalue weighted by atomic mass is 32.2. The van der Waals surface area contributed by atoms with E-state index in [4.69, 9.17) is 15.6 Å². The van der Waals surface area contributed by atoms with E-state index in [0.29, 0.717) is 0 Å². The molecule has 0 aliphatic carbocycles. The van der Waals surface area contributed by atoms with Crippen molar-refractivity contribution in [1.29, 1.82) is 0 Å². The minimum absolute atomic E-state index is 0.00630. The van der Waals surface area contributed by atoms with Crippen LogP contribution < -0.4 is 10.5 Å². The Morgan fingerprint density at radius 2 is 1.88 bits per heavy atom. The van der Waals surface area contributed by atoms with E-state index in [1.165, 1.54) is 20.8 Å². The molecule has 3 heterocycles. The SMILES string of the molecule is CC(C)(C)S(=O)(=O)c1cn2c(-c3cc(F)c(N)nc3F)cnc2cc1OCC(F)(F)CO. The van der Waals surface area contributed by atoms with Gasteiger partial charge in [0.2, 0.25) is 5.95 Å². The minimum Gasteiger partial charge on any atom is -0.486 e. The molecule has 32 heavy (non-hydrogen) atoms. The first-order valence-corrected chi connectivity index (χ1v) is 10.7. The van der Waals surface area contributed by atoms with Gasteiger partial charge in [-0.05, 0) is 26.8 Å². The zero-order valence-electron chi connectivity index (χ0n) is 17.2. The van der Waals surface area contributed by atoms with Crippen molar-refractivity contribution in [2.45, 2.75) is 36.3 Å². The number of hydrogen-bond donors (Lipinski definition) is 2. The van der Waals surface area contributed by atoms with E-state index < -0.39 is 61.9 Å². The Hall–Kier alpha value is -2.93. The zero-order valence-corrected chi connectivity index (χ0v) is 18.1. The van der Waals surface area contributed by atoms with Gasteiger partial charge < -0.3 is 15.6 Å². The van der Waals surface area contributed by atoms with Crippen LogP contribution in [-0.4, -0.2) is 51.8 Å². The highest BCUT2D eigenvalue weighted by Gasteiger charge is 2.36. The molecule has 0 amide bonds. The third-order valence-electron chi connectivity index (χ3n) is 4.57. The Kier molecular flexibility index (Phi) is 5.85. The molecule has 3 aromatic rings. The molecule has 0 atom stereocenters. The molecule has 0 saturated carbocycles. The molecule has 0 saturated heterocycles. The lowest BCUT2D eigenvalue weighted by atomic mass is 10.2. The van der Waals surface area contributed by atoms with Gasteiger partial charge in [-0.3, -0.25) is 4.40 Å². The maximum absolute atomic E-state index is 14.4. The number of sulfone groups is 1. The van der Waals surface area contributed by atoms with Crippen LogP contribution in [0.4, 0.5) is 23.4 Å². The zero-order chi connectivity index (χ0) is 24.1. The summed E-state index contributed by atoms with van der Waals surface area (Å²) in [7, 11) is -4.16. The number of aliphatic hydroxyl groups excluding tert-OH is 1. The predicted octanol–water partition coefficient (Wildman–Crippen LogP) is 2.84. The molecule has 174 valence electrons. The summed E-state index contributed by atoms with van der Waals surface area (Å²) in [6.07, 6.45) is 2.16. The van der Waals surface area contributed by atoms with E-state index in [9.17, 15) is 26.0 Å². The van der Waals surface area contributed by atoms with Crippen LogP contribution in [0.25, 0.3) is 16.9 Å². The summed E-state index contributed by atoms with van der Waals surface area (Å²) in [6, 6.07) is 1.86. The van der Waals surface area contributed by atoms with Crippen LogP contribution in [0.2, 0.25) is 0 Å². The summed E-state index contributed by atoms with van der Waals surface area (Å²) in [5, 5.41) is 8.75. The fourth-order valence-corrected chi connectivity index (χ4v) is 4.01. The quantitative estimate of drug-likeness (QED) is 0.415. The smallest absolute Gasteiger partial charge is 0.303 e. The number of imidazole rings is 1. The van der Waals surface area contributed by atoms with Crippen molar-refractivity contribution in [2.75, 3.05) is 18.9 Å². The number of fused-ring (bicyclic) bond motifs is 1. The normalized spacial score (nSPS) is 13.0. The molecule has 0 radical (unpaired) electrons. The van der Waals surface area contributed by atoms with Crippen molar-refractivity contribution in [1.82, 2.24) is 14.4 Å². The second-order valence-corrected chi connectivity index (χ2v) is 10.7. The first kappa shape index (κ1) is 23.7. The van der Waals surface area contributed by atoms with Gasteiger partial charge in [-0.1, -0.05) is 0 Å². The van der Waals surface area contributed by atoms with Gasteiger partial charge in [-0.25, -0.2) is 26.6 Å². The number of nitrogens with two attached hydrogens (primary N) is 1. The maximum atomic E-state index is 14.4. The van der Waals surface area contributed by atoms with Gasteiger partial charge in [0.25, 0.3) is 0 Å². The fourth-order valence-electron chi connectivity index (χ4n) is 2.72. The third-order valence-corrected chi connectivity index (χ3v) is 7.07. The highest BCUT2D eigenvalue weighted by Crippen LogP contribution is 2.35. The van der Waals surface area contributed by atoms with Crippen molar-refractivity contribution in [2.24, 2.45) is 0 Å². The highest BCUT2D eigenvalue weighted by molar-refractivity contribution is 7.92. The Morgan fingerprint density at radius 1 is 1.22 bits per heavy atom. The number of nitrogen functional groups attached to an aromatic ring is 1. The second kappa shape index (κ2) is 7.89. The van der Waals surface area contributed by atoms with Crippen LogP contribution in [0.15, 0.2) is 29.4 Å². The first-order valence-electron chi connectivity index (χ1n) is 9.17. The molecule has 0 unspecified atom stereocenters. The van der Waals surface area contributed by atoms with Crippen LogP contribution in [0.5, 0.6) is 5.75 Å². The summed E-state index contributed by atoms with van der Waals surface area (Å²) in [5.41, 5.74) is 4.87. The standard InChI is InChI=1S/C19H20F4N4O4S/c1-18(2,3)32(29,30)14-7-27-12(10-4-11(20)17(24)26-16(10)21)6-25-15(27)5-13(14)31-9-19(22,23)8-28/h4-7,28H,8-9H2,1-3H3,(H2,24,26). The molecule has 0 fully saturated rings. The molecule has 0 spiro atoms. The van der Waals surface area contributed by atoms with Gasteiger partial charge in [0.1, 0.15) is 22.9 Å². The topological polar surface area (TPSA) is 120 Å². The van der Waals surface area contributed by atoms with Gasteiger partial charge in [-0.2, -0.15) is 9.37 Å². The van der Waals surface area contributed by atoms with Gasteiger partial charge >= 0.3 is 5.92 Å². The Labute approximate surface area is 180 Å².